The molecule has 2 rings (SSSR count). The van der Waals surface area contributed by atoms with Gasteiger partial charge in [0, 0.05) is 23.2 Å². The number of thiazole rings is 1. The summed E-state index contributed by atoms with van der Waals surface area (Å²) >= 11 is 1.48. The lowest BCUT2D eigenvalue weighted by Crippen LogP contribution is -2.24. The van der Waals surface area contributed by atoms with Crippen molar-refractivity contribution in [1.82, 2.24) is 10.3 Å². The molecule has 104 valence electrons. The van der Waals surface area contributed by atoms with Crippen molar-refractivity contribution in [3.05, 3.63) is 50.0 Å². The van der Waals surface area contributed by atoms with Gasteiger partial charge in [-0.05, 0) is 13.0 Å². The number of nitro benzene ring substituents is 1. The number of aryl methyl sites for hydroxylation is 1. The van der Waals surface area contributed by atoms with Gasteiger partial charge in [-0.3, -0.25) is 14.9 Å². The molecule has 0 saturated heterocycles. The van der Waals surface area contributed by atoms with Crippen LogP contribution in [-0.2, 0) is 6.54 Å². The summed E-state index contributed by atoms with van der Waals surface area (Å²) in [6.07, 6.45) is 0. The summed E-state index contributed by atoms with van der Waals surface area (Å²) in [5.41, 5.74) is 6.52. The zero-order chi connectivity index (χ0) is 14.7. The largest absolute Gasteiger partial charge is 0.398 e. The minimum Gasteiger partial charge on any atom is -0.398 e. The van der Waals surface area contributed by atoms with Crippen LogP contribution in [0.3, 0.4) is 0 Å². The molecule has 0 unspecified atom stereocenters. The molecule has 0 saturated carbocycles. The fourth-order valence-corrected chi connectivity index (χ4v) is 2.22. The van der Waals surface area contributed by atoms with Crippen LogP contribution in [0.25, 0.3) is 0 Å². The number of non-ortho nitro benzene ring substituents is 1. The molecule has 2 aromatic rings. The van der Waals surface area contributed by atoms with E-state index in [-0.39, 0.29) is 23.5 Å². The molecule has 1 heterocycles. The lowest BCUT2D eigenvalue weighted by atomic mass is 10.1. The SMILES string of the molecule is Cc1nc(CNC(=O)c2cc([N+](=O)[O-])ccc2N)cs1. The molecule has 3 N–H and O–H groups in total. The molecule has 1 aromatic heterocycles. The fourth-order valence-electron chi connectivity index (χ4n) is 1.61. The second-order valence-corrected chi connectivity index (χ2v) is 5.13. The Kier molecular flexibility index (Phi) is 3.94. The molecule has 0 aliphatic carbocycles. The first kappa shape index (κ1) is 13.9. The predicted molar refractivity (Wildman–Crippen MR) is 75.5 cm³/mol. The van der Waals surface area contributed by atoms with Crippen molar-refractivity contribution in [3.8, 4) is 0 Å². The minimum atomic E-state index is -0.569. The van der Waals surface area contributed by atoms with Crippen LogP contribution in [0.5, 0.6) is 0 Å². The number of nitro groups is 1. The highest BCUT2D eigenvalue weighted by Gasteiger charge is 2.15. The lowest BCUT2D eigenvalue weighted by Gasteiger charge is -2.06. The van der Waals surface area contributed by atoms with Crippen molar-refractivity contribution in [2.45, 2.75) is 13.5 Å². The maximum Gasteiger partial charge on any atom is 0.270 e. The standard InChI is InChI=1S/C12H12N4O3S/c1-7-15-8(6-20-7)5-14-12(17)10-4-9(16(18)19)2-3-11(10)13/h2-4,6H,5,13H2,1H3,(H,14,17). The molecule has 8 heteroatoms. The van der Waals surface area contributed by atoms with Crippen LogP contribution in [0.4, 0.5) is 11.4 Å². The van der Waals surface area contributed by atoms with E-state index in [1.807, 2.05) is 12.3 Å². The summed E-state index contributed by atoms with van der Waals surface area (Å²) in [7, 11) is 0. The fraction of sp³-hybridized carbons (Fsp3) is 0.167. The Hall–Kier alpha value is -2.48. The Morgan fingerprint density at radius 3 is 2.90 bits per heavy atom. The number of carbonyl (C=O) groups is 1. The number of nitrogens with zero attached hydrogens (tertiary/aromatic N) is 2. The molecule has 0 aliphatic rings. The Labute approximate surface area is 118 Å². The number of aromatic nitrogens is 1. The number of hydrogen-bond donors (Lipinski definition) is 2. The van der Waals surface area contributed by atoms with Crippen LogP contribution in [0.1, 0.15) is 21.1 Å². The number of nitrogens with two attached hydrogens (primary N) is 1. The smallest absolute Gasteiger partial charge is 0.270 e. The van der Waals surface area contributed by atoms with Gasteiger partial charge in [-0.2, -0.15) is 0 Å². The average molecular weight is 292 g/mol. The Morgan fingerprint density at radius 2 is 2.30 bits per heavy atom. The van der Waals surface area contributed by atoms with Gasteiger partial charge < -0.3 is 11.1 Å². The van der Waals surface area contributed by atoms with Gasteiger partial charge in [0.2, 0.25) is 0 Å². The summed E-state index contributed by atoms with van der Waals surface area (Å²) < 4.78 is 0. The zero-order valence-corrected chi connectivity index (χ0v) is 11.4. The molecule has 7 nitrogen and oxygen atoms in total. The number of carbonyl (C=O) groups excluding carboxylic acids is 1. The summed E-state index contributed by atoms with van der Waals surface area (Å²) in [5.74, 6) is -0.461. The molecule has 0 bridgehead atoms. The van der Waals surface area contributed by atoms with E-state index in [0.29, 0.717) is 0 Å². The first-order valence-corrected chi connectivity index (χ1v) is 6.58. The molecular weight excluding hydrogens is 280 g/mol. The van der Waals surface area contributed by atoms with Crippen LogP contribution < -0.4 is 11.1 Å². The summed E-state index contributed by atoms with van der Waals surface area (Å²) in [6.45, 7) is 2.12. The molecule has 0 spiro atoms. The van der Waals surface area contributed by atoms with Crippen LogP contribution in [0.2, 0.25) is 0 Å². The van der Waals surface area contributed by atoms with Crippen LogP contribution in [-0.4, -0.2) is 15.8 Å². The van der Waals surface area contributed by atoms with Gasteiger partial charge in [-0.1, -0.05) is 0 Å². The van der Waals surface area contributed by atoms with Gasteiger partial charge in [0.1, 0.15) is 0 Å². The molecule has 20 heavy (non-hydrogen) atoms. The summed E-state index contributed by atoms with van der Waals surface area (Å²) in [5, 5.41) is 16.1. The maximum absolute atomic E-state index is 12.0. The Morgan fingerprint density at radius 1 is 1.55 bits per heavy atom. The molecule has 1 aromatic carbocycles. The molecular formula is C12H12N4O3S. The monoisotopic (exact) mass is 292 g/mol. The molecule has 0 fully saturated rings. The second-order valence-electron chi connectivity index (χ2n) is 4.07. The van der Waals surface area contributed by atoms with Gasteiger partial charge in [0.15, 0.2) is 0 Å². The number of rotatable bonds is 4. The highest BCUT2D eigenvalue weighted by Crippen LogP contribution is 2.19. The number of anilines is 1. The molecule has 0 atom stereocenters. The topological polar surface area (TPSA) is 111 Å². The number of amides is 1. The molecule has 0 aliphatic heterocycles. The van der Waals surface area contributed by atoms with Crippen molar-refractivity contribution in [2.75, 3.05) is 5.73 Å². The lowest BCUT2D eigenvalue weighted by molar-refractivity contribution is -0.384. The van der Waals surface area contributed by atoms with E-state index in [4.69, 9.17) is 5.73 Å². The van der Waals surface area contributed by atoms with E-state index in [2.05, 4.69) is 10.3 Å². The number of hydrogen-bond acceptors (Lipinski definition) is 6. The van der Waals surface area contributed by atoms with Crippen molar-refractivity contribution in [1.29, 1.82) is 0 Å². The first-order valence-electron chi connectivity index (χ1n) is 5.70. The predicted octanol–water partition coefficient (Wildman–Crippen LogP) is 1.87. The summed E-state index contributed by atoms with van der Waals surface area (Å²) in [4.78, 5) is 26.3. The van der Waals surface area contributed by atoms with E-state index in [1.165, 1.54) is 23.5 Å². The number of nitrogen functional groups attached to an aromatic ring is 1. The normalized spacial score (nSPS) is 10.2. The van der Waals surface area contributed by atoms with Crippen molar-refractivity contribution >= 4 is 28.6 Å². The second kappa shape index (κ2) is 5.66. The Balaban J connectivity index is 2.12. The minimum absolute atomic E-state index is 0.0890. The third kappa shape index (κ3) is 3.09. The van der Waals surface area contributed by atoms with Crippen LogP contribution in [0.15, 0.2) is 23.6 Å². The van der Waals surface area contributed by atoms with Crippen LogP contribution >= 0.6 is 11.3 Å². The van der Waals surface area contributed by atoms with Crippen molar-refractivity contribution < 1.29 is 9.72 Å². The van der Waals surface area contributed by atoms with Crippen molar-refractivity contribution in [2.24, 2.45) is 0 Å². The number of benzene rings is 1. The van der Waals surface area contributed by atoms with Crippen molar-refractivity contribution in [3.63, 3.8) is 0 Å². The molecule has 1 amide bonds. The van der Waals surface area contributed by atoms with Gasteiger partial charge in [-0.15, -0.1) is 11.3 Å². The van der Waals surface area contributed by atoms with Gasteiger partial charge in [-0.25, -0.2) is 4.98 Å². The first-order chi connectivity index (χ1) is 9.47. The Bertz CT molecular complexity index is 668. The van der Waals surface area contributed by atoms with E-state index in [9.17, 15) is 14.9 Å². The van der Waals surface area contributed by atoms with E-state index >= 15 is 0 Å². The highest BCUT2D eigenvalue weighted by atomic mass is 32.1. The van der Waals surface area contributed by atoms with Gasteiger partial charge in [0.25, 0.3) is 11.6 Å². The highest BCUT2D eigenvalue weighted by molar-refractivity contribution is 7.09. The average Bonchev–Trinajstić information content (AvgIpc) is 2.82. The van der Waals surface area contributed by atoms with E-state index in [1.54, 1.807) is 0 Å². The maximum atomic E-state index is 12.0. The van der Waals surface area contributed by atoms with Gasteiger partial charge in [0.05, 0.1) is 27.7 Å². The third-order valence-electron chi connectivity index (χ3n) is 2.59. The third-order valence-corrected chi connectivity index (χ3v) is 3.41. The van der Waals surface area contributed by atoms with Gasteiger partial charge >= 0.3 is 0 Å². The molecule has 0 radical (unpaired) electrons. The van der Waals surface area contributed by atoms with E-state index in [0.717, 1.165) is 16.8 Å². The van der Waals surface area contributed by atoms with E-state index < -0.39 is 10.8 Å². The number of nitrogens with one attached hydrogen (secondary N) is 1. The quantitative estimate of drug-likeness (QED) is 0.507. The van der Waals surface area contributed by atoms with Crippen LogP contribution in [0, 0.1) is 17.0 Å². The zero-order valence-electron chi connectivity index (χ0n) is 10.6. The summed E-state index contributed by atoms with van der Waals surface area (Å²) in [6, 6.07) is 3.77.